The van der Waals surface area contributed by atoms with Gasteiger partial charge >= 0.3 is 6.03 Å². The van der Waals surface area contributed by atoms with Gasteiger partial charge in [-0.25, -0.2) is 19.7 Å². The first-order chi connectivity index (χ1) is 16.1. The highest BCUT2D eigenvalue weighted by Crippen LogP contribution is 2.31. The normalized spacial score (nSPS) is 14.5. The molecule has 9 nitrogen and oxygen atoms in total. The summed E-state index contributed by atoms with van der Waals surface area (Å²) in [6, 6.07) is 11.4. The van der Waals surface area contributed by atoms with E-state index in [4.69, 9.17) is 16.6 Å². The zero-order chi connectivity index (χ0) is 22.8. The molecule has 2 amide bonds. The predicted molar refractivity (Wildman–Crippen MR) is 130 cm³/mol. The van der Waals surface area contributed by atoms with E-state index >= 15 is 0 Å². The highest BCUT2D eigenvalue weighted by atomic mass is 35.5. The fourth-order valence-electron chi connectivity index (χ4n) is 3.97. The summed E-state index contributed by atoms with van der Waals surface area (Å²) in [5.41, 5.74) is 3.16. The maximum atomic E-state index is 11.8. The molecule has 0 spiro atoms. The molecule has 0 bridgehead atoms. The van der Waals surface area contributed by atoms with Crippen LogP contribution in [0.2, 0.25) is 5.02 Å². The first-order valence-electron chi connectivity index (χ1n) is 10.8. The summed E-state index contributed by atoms with van der Waals surface area (Å²) in [5.74, 6) is 1.36. The standard InChI is InChI=1S/C23H23ClN8O/c1-14(30-22-20-18(28-13-29-22)6-3-7-25-20)16-12-15-4-2-5-17(24)19(15)31-21(16)26-8-10-32-11-9-27-23(32)33/h2-7,12-14H,8-11H2,1H3,(H,26,31)(H,27,33)(H,28,29,30). The third kappa shape index (κ3) is 4.31. The van der Waals surface area contributed by atoms with E-state index in [0.29, 0.717) is 48.4 Å². The molecule has 0 radical (unpaired) electrons. The molecule has 1 atom stereocenters. The third-order valence-corrected chi connectivity index (χ3v) is 5.96. The molecule has 1 aliphatic heterocycles. The minimum absolute atomic E-state index is 0.0373. The fourth-order valence-corrected chi connectivity index (χ4v) is 4.19. The smallest absolute Gasteiger partial charge is 0.317 e. The van der Waals surface area contributed by atoms with Crippen LogP contribution in [-0.2, 0) is 0 Å². The van der Waals surface area contributed by atoms with Crippen molar-refractivity contribution in [2.45, 2.75) is 13.0 Å². The Morgan fingerprint density at radius 2 is 2.06 bits per heavy atom. The molecule has 3 N–H and O–H groups in total. The number of fused-ring (bicyclic) bond motifs is 2. The van der Waals surface area contributed by atoms with Gasteiger partial charge in [0.15, 0.2) is 5.82 Å². The van der Waals surface area contributed by atoms with Crippen LogP contribution in [0.3, 0.4) is 0 Å². The summed E-state index contributed by atoms with van der Waals surface area (Å²) in [6.45, 7) is 4.57. The molecule has 168 valence electrons. The Labute approximate surface area is 195 Å². The number of hydrogen-bond donors (Lipinski definition) is 3. The van der Waals surface area contributed by atoms with Crippen molar-refractivity contribution >= 4 is 51.2 Å². The van der Waals surface area contributed by atoms with Gasteiger partial charge in [0, 0.05) is 43.3 Å². The molecule has 33 heavy (non-hydrogen) atoms. The number of rotatable bonds is 7. The molecular weight excluding hydrogens is 440 g/mol. The molecule has 4 aromatic rings. The quantitative estimate of drug-likeness (QED) is 0.383. The van der Waals surface area contributed by atoms with Crippen LogP contribution in [0.25, 0.3) is 21.9 Å². The molecule has 1 aliphatic rings. The van der Waals surface area contributed by atoms with Crippen LogP contribution in [0.15, 0.2) is 48.9 Å². The molecular formula is C23H23ClN8O. The van der Waals surface area contributed by atoms with Crippen molar-refractivity contribution in [3.63, 3.8) is 0 Å². The summed E-state index contributed by atoms with van der Waals surface area (Å²) >= 11 is 6.42. The summed E-state index contributed by atoms with van der Waals surface area (Å²) in [4.78, 5) is 31.6. The minimum atomic E-state index is -0.140. The van der Waals surface area contributed by atoms with E-state index in [9.17, 15) is 4.79 Å². The Morgan fingerprint density at radius 3 is 2.91 bits per heavy atom. The molecule has 1 unspecified atom stereocenters. The number of hydrogen-bond acceptors (Lipinski definition) is 7. The number of aromatic nitrogens is 4. The first-order valence-corrected chi connectivity index (χ1v) is 11.2. The number of anilines is 2. The number of pyridine rings is 2. The first kappa shape index (κ1) is 21.1. The number of urea groups is 1. The van der Waals surface area contributed by atoms with Gasteiger partial charge in [0.1, 0.15) is 17.7 Å². The molecule has 3 aromatic heterocycles. The van der Waals surface area contributed by atoms with Gasteiger partial charge in [-0.2, -0.15) is 0 Å². The Kier molecular flexibility index (Phi) is 5.78. The number of benzene rings is 1. The van der Waals surface area contributed by atoms with Gasteiger partial charge < -0.3 is 20.9 Å². The van der Waals surface area contributed by atoms with Crippen LogP contribution >= 0.6 is 11.6 Å². The second-order valence-electron chi connectivity index (χ2n) is 7.84. The van der Waals surface area contributed by atoms with Crippen LogP contribution in [0.4, 0.5) is 16.4 Å². The third-order valence-electron chi connectivity index (χ3n) is 5.66. The summed E-state index contributed by atoms with van der Waals surface area (Å²) in [6.07, 6.45) is 3.25. The minimum Gasteiger partial charge on any atom is -0.368 e. The van der Waals surface area contributed by atoms with Gasteiger partial charge in [0.2, 0.25) is 0 Å². The molecule has 10 heteroatoms. The number of amides is 2. The molecule has 1 aromatic carbocycles. The topological polar surface area (TPSA) is 108 Å². The molecule has 5 rings (SSSR count). The number of carbonyl (C=O) groups excluding carboxylic acids is 1. The van der Waals surface area contributed by atoms with Gasteiger partial charge in [-0.1, -0.05) is 23.7 Å². The second-order valence-corrected chi connectivity index (χ2v) is 8.25. The van der Waals surface area contributed by atoms with Crippen molar-refractivity contribution in [2.24, 2.45) is 0 Å². The van der Waals surface area contributed by atoms with E-state index in [-0.39, 0.29) is 12.1 Å². The van der Waals surface area contributed by atoms with Crippen LogP contribution < -0.4 is 16.0 Å². The predicted octanol–water partition coefficient (Wildman–Crippen LogP) is 3.84. The van der Waals surface area contributed by atoms with E-state index in [0.717, 1.165) is 22.0 Å². The zero-order valence-electron chi connectivity index (χ0n) is 18.0. The second kappa shape index (κ2) is 9.03. The molecule has 1 saturated heterocycles. The van der Waals surface area contributed by atoms with Gasteiger partial charge in [0.05, 0.1) is 22.1 Å². The summed E-state index contributed by atoms with van der Waals surface area (Å²) in [5, 5.41) is 11.2. The van der Waals surface area contributed by atoms with Gasteiger partial charge in [-0.15, -0.1) is 0 Å². The van der Waals surface area contributed by atoms with Crippen molar-refractivity contribution in [3.05, 3.63) is 59.5 Å². The van der Waals surface area contributed by atoms with Crippen molar-refractivity contribution in [1.82, 2.24) is 30.2 Å². The van der Waals surface area contributed by atoms with Crippen molar-refractivity contribution in [1.29, 1.82) is 0 Å². The Balaban J connectivity index is 1.45. The monoisotopic (exact) mass is 462 g/mol. The number of para-hydroxylation sites is 1. The van der Waals surface area contributed by atoms with Crippen LogP contribution in [0, 0.1) is 0 Å². The summed E-state index contributed by atoms with van der Waals surface area (Å²) in [7, 11) is 0. The highest BCUT2D eigenvalue weighted by molar-refractivity contribution is 6.35. The lowest BCUT2D eigenvalue weighted by Gasteiger charge is -2.21. The number of halogens is 1. The van der Waals surface area contributed by atoms with Gasteiger partial charge in [-0.05, 0) is 31.2 Å². The zero-order valence-corrected chi connectivity index (χ0v) is 18.8. The van der Waals surface area contributed by atoms with E-state index < -0.39 is 0 Å². The van der Waals surface area contributed by atoms with E-state index in [2.05, 4.69) is 37.0 Å². The Hall–Kier alpha value is -3.72. The molecule has 4 heterocycles. The SMILES string of the molecule is CC(Nc1ncnc2cccnc12)c1cc2cccc(Cl)c2nc1NCCN1CCNC1=O. The maximum Gasteiger partial charge on any atom is 0.317 e. The van der Waals surface area contributed by atoms with Gasteiger partial charge in [0.25, 0.3) is 0 Å². The van der Waals surface area contributed by atoms with E-state index in [1.165, 1.54) is 6.33 Å². The van der Waals surface area contributed by atoms with Crippen molar-refractivity contribution in [3.8, 4) is 0 Å². The van der Waals surface area contributed by atoms with E-state index in [1.54, 1.807) is 11.1 Å². The lowest BCUT2D eigenvalue weighted by atomic mass is 10.1. The lowest BCUT2D eigenvalue weighted by Crippen LogP contribution is -2.32. The van der Waals surface area contributed by atoms with Crippen LogP contribution in [0.5, 0.6) is 0 Å². The van der Waals surface area contributed by atoms with Crippen LogP contribution in [0.1, 0.15) is 18.5 Å². The number of nitrogens with one attached hydrogen (secondary N) is 3. The molecule has 0 saturated carbocycles. The largest absolute Gasteiger partial charge is 0.368 e. The van der Waals surface area contributed by atoms with E-state index in [1.807, 2.05) is 37.3 Å². The maximum absolute atomic E-state index is 11.8. The average Bonchev–Trinajstić information content (AvgIpc) is 3.24. The fraction of sp³-hybridized carbons (Fsp3) is 0.261. The summed E-state index contributed by atoms with van der Waals surface area (Å²) < 4.78 is 0. The van der Waals surface area contributed by atoms with Crippen molar-refractivity contribution in [2.75, 3.05) is 36.8 Å². The van der Waals surface area contributed by atoms with Gasteiger partial charge in [-0.3, -0.25) is 4.98 Å². The molecule has 0 aliphatic carbocycles. The van der Waals surface area contributed by atoms with Crippen LogP contribution in [-0.4, -0.2) is 57.0 Å². The number of nitrogens with zero attached hydrogens (tertiary/aromatic N) is 5. The lowest BCUT2D eigenvalue weighted by molar-refractivity contribution is 0.219. The Bertz CT molecular complexity index is 1330. The molecule has 1 fully saturated rings. The van der Waals surface area contributed by atoms with Crippen molar-refractivity contribution < 1.29 is 4.79 Å². The Morgan fingerprint density at radius 1 is 1.15 bits per heavy atom. The highest BCUT2D eigenvalue weighted by Gasteiger charge is 2.20. The number of carbonyl (C=O) groups is 1. The average molecular weight is 463 g/mol.